The third-order valence-corrected chi connectivity index (χ3v) is 1.64. The Hall–Kier alpha value is 1.56. The Bertz CT molecular complexity index is 89.7. The van der Waals surface area contributed by atoms with Crippen LogP contribution in [0.2, 0.25) is 0 Å². The first-order valence-electron chi connectivity index (χ1n) is 3.46. The molecule has 1 rings (SSSR count). The second-order valence-corrected chi connectivity index (χ2v) is 2.48. The van der Waals surface area contributed by atoms with E-state index >= 15 is 0 Å². The molecule has 0 saturated carbocycles. The fourth-order valence-electron chi connectivity index (χ4n) is 1.09. The Morgan fingerprint density at radius 2 is 2.40 bits per heavy atom. The maximum Gasteiger partial charge on any atom is 1.00 e. The number of nitrogens with zero attached hydrogens (tertiary/aromatic N) is 1. The largest absolute Gasteiger partial charge is 1.00 e. The van der Waals surface area contributed by atoms with Gasteiger partial charge in [-0.2, -0.15) is 0 Å². The molecule has 0 aromatic heterocycles. The van der Waals surface area contributed by atoms with Crippen molar-refractivity contribution >= 4 is 0 Å². The van der Waals surface area contributed by atoms with E-state index in [0.29, 0.717) is 6.10 Å². The molecule has 0 N–H and O–H groups in total. The summed E-state index contributed by atoms with van der Waals surface area (Å²) in [6, 6.07) is 0. The van der Waals surface area contributed by atoms with Crippen LogP contribution in [0, 0.1) is 6.92 Å². The van der Waals surface area contributed by atoms with Gasteiger partial charge in [0.05, 0.1) is 12.7 Å². The number of morpholine rings is 1. The van der Waals surface area contributed by atoms with Crippen LogP contribution in [0.5, 0.6) is 0 Å². The minimum Gasteiger partial charge on any atom is -0.376 e. The van der Waals surface area contributed by atoms with Crippen LogP contribution in [0.1, 0.15) is 6.92 Å². The molecule has 10 heavy (non-hydrogen) atoms. The van der Waals surface area contributed by atoms with Crippen LogP contribution in [0.25, 0.3) is 0 Å². The van der Waals surface area contributed by atoms with E-state index in [1.54, 1.807) is 0 Å². The van der Waals surface area contributed by atoms with Crippen LogP contribution in [0.3, 0.4) is 0 Å². The quantitative estimate of drug-likeness (QED) is 0.317. The van der Waals surface area contributed by atoms with Crippen molar-refractivity contribution in [3.63, 3.8) is 0 Å². The summed E-state index contributed by atoms with van der Waals surface area (Å²) < 4.78 is 5.34. The van der Waals surface area contributed by atoms with Crippen molar-refractivity contribution in [3.05, 3.63) is 6.92 Å². The van der Waals surface area contributed by atoms with E-state index in [-0.39, 0.29) is 51.4 Å². The molecule has 0 radical (unpaired) electrons. The molecule has 1 fully saturated rings. The smallest absolute Gasteiger partial charge is 0.376 e. The summed E-state index contributed by atoms with van der Waals surface area (Å²) in [5, 5.41) is 0. The van der Waals surface area contributed by atoms with Crippen LogP contribution in [0.4, 0.5) is 0 Å². The Labute approximate surface area is 106 Å². The van der Waals surface area contributed by atoms with Crippen LogP contribution in [-0.2, 0) is 4.74 Å². The Morgan fingerprint density at radius 3 is 2.80 bits per heavy atom. The normalized spacial score (nSPS) is 27.6. The third-order valence-electron chi connectivity index (χ3n) is 1.64. The van der Waals surface area contributed by atoms with Gasteiger partial charge in [-0.1, -0.05) is 0 Å². The standard InChI is InChI=1S/C7H14NO.K/c1-3-8-4-5-9-7(2)6-8;/h7H,1,3-6H2,2H3;/q-1;+1. The Kier molecular flexibility index (Phi) is 7.07. The first-order valence-corrected chi connectivity index (χ1v) is 3.46. The number of hydrogen-bond acceptors (Lipinski definition) is 2. The molecule has 1 atom stereocenters. The van der Waals surface area contributed by atoms with Crippen LogP contribution in [-0.4, -0.2) is 37.2 Å². The summed E-state index contributed by atoms with van der Waals surface area (Å²) in [5.41, 5.74) is 0. The second-order valence-electron chi connectivity index (χ2n) is 2.48. The first-order chi connectivity index (χ1) is 4.33. The van der Waals surface area contributed by atoms with E-state index in [9.17, 15) is 0 Å². The fraction of sp³-hybridized carbons (Fsp3) is 0.857. The van der Waals surface area contributed by atoms with Crippen molar-refractivity contribution < 1.29 is 56.1 Å². The van der Waals surface area contributed by atoms with Crippen molar-refractivity contribution in [1.29, 1.82) is 0 Å². The van der Waals surface area contributed by atoms with Crippen LogP contribution >= 0.6 is 0 Å². The molecule has 1 saturated heterocycles. The Balaban J connectivity index is 0.000000810. The van der Waals surface area contributed by atoms with E-state index in [0.717, 1.165) is 26.2 Å². The molecule has 1 aliphatic rings. The summed E-state index contributed by atoms with van der Waals surface area (Å²) in [6.07, 6.45) is 0.403. The van der Waals surface area contributed by atoms with Gasteiger partial charge in [-0.05, 0) is 6.92 Å². The molecule has 2 nitrogen and oxygen atoms in total. The summed E-state index contributed by atoms with van der Waals surface area (Å²) in [4.78, 5) is 2.30. The van der Waals surface area contributed by atoms with Gasteiger partial charge in [-0.3, -0.25) is 0 Å². The van der Waals surface area contributed by atoms with Gasteiger partial charge in [0.15, 0.2) is 0 Å². The third kappa shape index (κ3) is 3.81. The molecular weight excluding hydrogens is 153 g/mol. The van der Waals surface area contributed by atoms with Gasteiger partial charge in [0, 0.05) is 13.1 Å². The zero-order valence-corrected chi connectivity index (χ0v) is 10.1. The van der Waals surface area contributed by atoms with Crippen molar-refractivity contribution in [2.75, 3.05) is 26.2 Å². The summed E-state index contributed by atoms with van der Waals surface area (Å²) in [6.45, 7) is 9.79. The van der Waals surface area contributed by atoms with E-state index in [1.807, 2.05) is 0 Å². The van der Waals surface area contributed by atoms with E-state index < -0.39 is 0 Å². The average molecular weight is 167 g/mol. The number of ether oxygens (including phenoxy) is 1. The summed E-state index contributed by atoms with van der Waals surface area (Å²) in [5.74, 6) is 0. The van der Waals surface area contributed by atoms with Gasteiger partial charge < -0.3 is 16.6 Å². The summed E-state index contributed by atoms with van der Waals surface area (Å²) >= 11 is 0. The molecule has 0 aromatic rings. The average Bonchev–Trinajstić information content (AvgIpc) is 1.88. The maximum atomic E-state index is 5.34. The molecular formula is C7H14KNO. The minimum atomic E-state index is 0. The molecule has 1 aliphatic heterocycles. The van der Waals surface area contributed by atoms with E-state index in [2.05, 4.69) is 18.7 Å². The molecule has 0 aliphatic carbocycles. The number of rotatable bonds is 1. The molecule has 3 heteroatoms. The van der Waals surface area contributed by atoms with Crippen molar-refractivity contribution in [2.24, 2.45) is 0 Å². The number of hydrogen-bond donors (Lipinski definition) is 0. The molecule has 0 aromatic carbocycles. The molecule has 1 heterocycles. The maximum absolute atomic E-state index is 5.34. The SMILES string of the molecule is [CH2-]CN1CCOC(C)C1.[K+]. The predicted molar refractivity (Wildman–Crippen MR) is 37.2 cm³/mol. The van der Waals surface area contributed by atoms with Gasteiger partial charge in [-0.15, -0.1) is 6.54 Å². The van der Waals surface area contributed by atoms with Gasteiger partial charge in [0.1, 0.15) is 0 Å². The second kappa shape index (κ2) is 6.11. The molecule has 54 valence electrons. The molecule has 0 spiro atoms. The molecule has 1 unspecified atom stereocenters. The van der Waals surface area contributed by atoms with Gasteiger partial charge in [0.25, 0.3) is 0 Å². The molecule has 0 amide bonds. The van der Waals surface area contributed by atoms with Gasteiger partial charge in [-0.25, -0.2) is 0 Å². The minimum absolute atomic E-state index is 0. The van der Waals surface area contributed by atoms with E-state index in [1.165, 1.54) is 0 Å². The van der Waals surface area contributed by atoms with Crippen molar-refractivity contribution in [1.82, 2.24) is 4.90 Å². The molecule has 0 bridgehead atoms. The van der Waals surface area contributed by atoms with E-state index in [4.69, 9.17) is 4.74 Å². The van der Waals surface area contributed by atoms with Crippen LogP contribution in [0.15, 0.2) is 0 Å². The van der Waals surface area contributed by atoms with Crippen LogP contribution < -0.4 is 51.4 Å². The van der Waals surface area contributed by atoms with Gasteiger partial charge in [0.2, 0.25) is 0 Å². The van der Waals surface area contributed by atoms with Gasteiger partial charge >= 0.3 is 51.4 Å². The van der Waals surface area contributed by atoms with Crippen molar-refractivity contribution in [3.8, 4) is 0 Å². The topological polar surface area (TPSA) is 12.5 Å². The predicted octanol–water partition coefficient (Wildman–Crippen LogP) is -2.45. The summed E-state index contributed by atoms with van der Waals surface area (Å²) in [7, 11) is 0. The zero-order valence-electron chi connectivity index (χ0n) is 6.97. The first kappa shape index (κ1) is 11.6. The fourth-order valence-corrected chi connectivity index (χ4v) is 1.09. The van der Waals surface area contributed by atoms with Crippen molar-refractivity contribution in [2.45, 2.75) is 13.0 Å². The zero-order chi connectivity index (χ0) is 6.69. The monoisotopic (exact) mass is 167 g/mol. The Morgan fingerprint density at radius 1 is 1.70 bits per heavy atom.